The lowest BCUT2D eigenvalue weighted by atomic mass is 10.1. The van der Waals surface area contributed by atoms with E-state index in [2.05, 4.69) is 22.6 Å². The van der Waals surface area contributed by atoms with Crippen LogP contribution in [0.4, 0.5) is 5.69 Å². The first-order valence-electron chi connectivity index (χ1n) is 7.12. The molecule has 0 unspecified atom stereocenters. The van der Waals surface area contributed by atoms with E-state index in [-0.39, 0.29) is 18.3 Å². The maximum Gasteiger partial charge on any atom is 0.225 e. The minimum atomic E-state index is 0. The van der Waals surface area contributed by atoms with Gasteiger partial charge in [0.25, 0.3) is 0 Å². The number of rotatable bonds is 5. The second-order valence-electron chi connectivity index (χ2n) is 5.24. The molecule has 21 heavy (non-hydrogen) atoms. The number of benzene rings is 1. The molecule has 1 aromatic rings. The van der Waals surface area contributed by atoms with Crippen LogP contribution in [0.15, 0.2) is 24.3 Å². The quantitative estimate of drug-likeness (QED) is 0.871. The van der Waals surface area contributed by atoms with Gasteiger partial charge in [0.05, 0.1) is 10.7 Å². The number of para-hydroxylation sites is 1. The van der Waals surface area contributed by atoms with Crippen LogP contribution in [0.1, 0.15) is 19.3 Å². The molecule has 1 fully saturated rings. The number of anilines is 1. The van der Waals surface area contributed by atoms with E-state index in [0.717, 1.165) is 32.5 Å². The third-order valence-electron chi connectivity index (χ3n) is 3.77. The summed E-state index contributed by atoms with van der Waals surface area (Å²) in [5.74, 6) is 0.0129. The van der Waals surface area contributed by atoms with E-state index in [4.69, 9.17) is 11.6 Å². The minimum Gasteiger partial charge on any atom is -0.325 e. The summed E-state index contributed by atoms with van der Waals surface area (Å²) in [4.78, 5) is 14.2. The number of nitrogens with zero attached hydrogens (tertiary/aromatic N) is 1. The van der Waals surface area contributed by atoms with E-state index in [0.29, 0.717) is 23.2 Å². The highest BCUT2D eigenvalue weighted by Crippen LogP contribution is 2.20. The highest BCUT2D eigenvalue weighted by molar-refractivity contribution is 6.33. The number of piperidine rings is 1. The van der Waals surface area contributed by atoms with E-state index >= 15 is 0 Å². The number of hydrogen-bond donors (Lipinski definition) is 2. The fourth-order valence-corrected chi connectivity index (χ4v) is 2.67. The van der Waals surface area contributed by atoms with Gasteiger partial charge in [0, 0.05) is 19.0 Å². The molecular formula is C15H23Cl2N3O. The third kappa shape index (κ3) is 5.83. The van der Waals surface area contributed by atoms with Crippen LogP contribution < -0.4 is 10.6 Å². The Labute approximate surface area is 137 Å². The lowest BCUT2D eigenvalue weighted by molar-refractivity contribution is -0.116. The summed E-state index contributed by atoms with van der Waals surface area (Å²) < 4.78 is 0. The van der Waals surface area contributed by atoms with Crippen LogP contribution in [0, 0.1) is 0 Å². The molecule has 0 spiro atoms. The second kappa shape index (κ2) is 9.26. The number of amides is 1. The van der Waals surface area contributed by atoms with Crippen LogP contribution in [0.25, 0.3) is 0 Å². The summed E-state index contributed by atoms with van der Waals surface area (Å²) in [7, 11) is 2.10. The summed E-state index contributed by atoms with van der Waals surface area (Å²) in [5.41, 5.74) is 0.684. The first-order valence-corrected chi connectivity index (χ1v) is 7.50. The largest absolute Gasteiger partial charge is 0.325 e. The van der Waals surface area contributed by atoms with Crippen LogP contribution in [0.5, 0.6) is 0 Å². The van der Waals surface area contributed by atoms with Crippen LogP contribution in [-0.4, -0.2) is 43.5 Å². The predicted octanol–water partition coefficient (Wildman–Crippen LogP) is 2.77. The molecule has 1 amide bonds. The molecule has 4 nitrogen and oxygen atoms in total. The Morgan fingerprint density at radius 3 is 2.71 bits per heavy atom. The molecule has 0 bridgehead atoms. The van der Waals surface area contributed by atoms with Gasteiger partial charge in [-0.15, -0.1) is 12.4 Å². The minimum absolute atomic E-state index is 0. The fraction of sp³-hybridized carbons (Fsp3) is 0.533. The molecule has 1 aliphatic heterocycles. The zero-order valence-electron chi connectivity index (χ0n) is 12.3. The first kappa shape index (κ1) is 18.2. The lowest BCUT2D eigenvalue weighted by Crippen LogP contribution is -2.42. The van der Waals surface area contributed by atoms with Crippen LogP contribution in [0.2, 0.25) is 5.02 Å². The van der Waals surface area contributed by atoms with E-state index in [1.165, 1.54) is 0 Å². The molecule has 1 aliphatic rings. The normalized spacial score (nSPS) is 15.6. The maximum absolute atomic E-state index is 11.9. The summed E-state index contributed by atoms with van der Waals surface area (Å²) in [6.07, 6.45) is 2.80. The van der Waals surface area contributed by atoms with Crippen molar-refractivity contribution >= 4 is 35.6 Å². The zero-order valence-corrected chi connectivity index (χ0v) is 13.8. The maximum atomic E-state index is 11.9. The Kier molecular flexibility index (Phi) is 8.04. The molecule has 1 heterocycles. The van der Waals surface area contributed by atoms with Crippen molar-refractivity contribution in [1.29, 1.82) is 0 Å². The molecule has 1 aromatic carbocycles. The van der Waals surface area contributed by atoms with Gasteiger partial charge in [-0.1, -0.05) is 23.7 Å². The van der Waals surface area contributed by atoms with E-state index < -0.39 is 0 Å². The molecule has 118 valence electrons. The molecule has 0 atom stereocenters. The average Bonchev–Trinajstić information content (AvgIpc) is 2.48. The Morgan fingerprint density at radius 2 is 2.05 bits per heavy atom. The number of hydrogen-bond acceptors (Lipinski definition) is 3. The smallest absolute Gasteiger partial charge is 0.225 e. The highest BCUT2D eigenvalue weighted by Gasteiger charge is 2.18. The summed E-state index contributed by atoms with van der Waals surface area (Å²) in [6, 6.07) is 7.89. The third-order valence-corrected chi connectivity index (χ3v) is 4.10. The molecule has 0 aromatic heterocycles. The molecule has 0 radical (unpaired) electrons. The zero-order chi connectivity index (χ0) is 14.4. The Bertz CT molecular complexity index is 450. The monoisotopic (exact) mass is 331 g/mol. The average molecular weight is 332 g/mol. The Morgan fingerprint density at radius 1 is 1.38 bits per heavy atom. The molecule has 2 rings (SSSR count). The Balaban J connectivity index is 0.00000220. The van der Waals surface area contributed by atoms with Crippen molar-refractivity contribution in [3.63, 3.8) is 0 Å². The van der Waals surface area contributed by atoms with Gasteiger partial charge in [-0.2, -0.15) is 0 Å². The van der Waals surface area contributed by atoms with E-state index in [1.807, 2.05) is 18.2 Å². The highest BCUT2D eigenvalue weighted by atomic mass is 35.5. The van der Waals surface area contributed by atoms with Crippen molar-refractivity contribution < 1.29 is 4.79 Å². The van der Waals surface area contributed by atoms with Crippen molar-refractivity contribution in [3.05, 3.63) is 29.3 Å². The van der Waals surface area contributed by atoms with Crippen LogP contribution >= 0.6 is 24.0 Å². The van der Waals surface area contributed by atoms with Crippen molar-refractivity contribution in [1.82, 2.24) is 10.2 Å². The van der Waals surface area contributed by atoms with Gasteiger partial charge >= 0.3 is 0 Å². The van der Waals surface area contributed by atoms with Gasteiger partial charge in [0.2, 0.25) is 5.91 Å². The summed E-state index contributed by atoms with van der Waals surface area (Å²) >= 11 is 6.02. The Hall–Kier alpha value is -0.810. The standard InChI is InChI=1S/C15H22ClN3O.ClH/c1-19(12-6-9-17-10-7-12)11-8-15(20)18-14-5-3-2-4-13(14)16;/h2-5,12,17H,6-11H2,1H3,(H,18,20);1H. The van der Waals surface area contributed by atoms with Crippen LogP contribution in [0.3, 0.4) is 0 Å². The summed E-state index contributed by atoms with van der Waals surface area (Å²) in [5, 5.41) is 6.79. The van der Waals surface area contributed by atoms with Gasteiger partial charge in [-0.05, 0) is 45.1 Å². The van der Waals surface area contributed by atoms with E-state index in [1.54, 1.807) is 6.07 Å². The predicted molar refractivity (Wildman–Crippen MR) is 90.5 cm³/mol. The number of carbonyl (C=O) groups is 1. The molecule has 2 N–H and O–H groups in total. The van der Waals surface area contributed by atoms with Crippen molar-refractivity contribution in [2.24, 2.45) is 0 Å². The lowest BCUT2D eigenvalue weighted by Gasteiger charge is -2.31. The molecule has 6 heteroatoms. The molecule has 0 saturated carbocycles. The van der Waals surface area contributed by atoms with Gasteiger partial charge in [0.1, 0.15) is 0 Å². The van der Waals surface area contributed by atoms with Gasteiger partial charge in [-0.3, -0.25) is 4.79 Å². The first-order chi connectivity index (χ1) is 9.66. The van der Waals surface area contributed by atoms with E-state index in [9.17, 15) is 4.79 Å². The second-order valence-corrected chi connectivity index (χ2v) is 5.65. The number of nitrogens with one attached hydrogen (secondary N) is 2. The van der Waals surface area contributed by atoms with Gasteiger partial charge < -0.3 is 15.5 Å². The number of carbonyl (C=O) groups excluding carboxylic acids is 1. The van der Waals surface area contributed by atoms with Crippen molar-refractivity contribution in [3.8, 4) is 0 Å². The topological polar surface area (TPSA) is 44.4 Å². The summed E-state index contributed by atoms with van der Waals surface area (Å²) in [6.45, 7) is 2.92. The molecule has 0 aliphatic carbocycles. The van der Waals surface area contributed by atoms with Gasteiger partial charge in [-0.25, -0.2) is 0 Å². The SMILES string of the molecule is CN(CCC(=O)Nc1ccccc1Cl)C1CCNCC1.Cl. The molecule has 1 saturated heterocycles. The van der Waals surface area contributed by atoms with Crippen LogP contribution in [-0.2, 0) is 4.79 Å². The van der Waals surface area contributed by atoms with Gasteiger partial charge in [0.15, 0.2) is 0 Å². The molecular weight excluding hydrogens is 309 g/mol. The van der Waals surface area contributed by atoms with Crippen molar-refractivity contribution in [2.45, 2.75) is 25.3 Å². The fourth-order valence-electron chi connectivity index (χ4n) is 2.48. The number of halogens is 2. The van der Waals surface area contributed by atoms with Crippen molar-refractivity contribution in [2.75, 3.05) is 32.0 Å².